The zero-order valence-corrected chi connectivity index (χ0v) is 8.70. The van der Waals surface area contributed by atoms with Crippen molar-refractivity contribution in [3.05, 3.63) is 53.7 Å². The van der Waals surface area contributed by atoms with Gasteiger partial charge in [-0.05, 0) is 17.5 Å². The molecule has 0 aliphatic carbocycles. The highest BCUT2D eigenvalue weighted by atomic mass is 35.5. The smallest absolute Gasteiger partial charge is 0.0723 e. The van der Waals surface area contributed by atoms with E-state index in [0.29, 0.717) is 0 Å². The van der Waals surface area contributed by atoms with E-state index in [9.17, 15) is 0 Å². The van der Waals surface area contributed by atoms with Gasteiger partial charge >= 0.3 is 0 Å². The van der Waals surface area contributed by atoms with Crippen molar-refractivity contribution >= 4 is 33.3 Å². The van der Waals surface area contributed by atoms with Crippen LogP contribution in [0.25, 0.3) is 21.7 Å². The minimum atomic E-state index is 0.761. The molecule has 1 heterocycles. The quantitative estimate of drug-likeness (QED) is 0.514. The molecule has 0 atom stereocenters. The van der Waals surface area contributed by atoms with Crippen molar-refractivity contribution in [1.29, 1.82) is 0 Å². The van der Waals surface area contributed by atoms with Crippen LogP contribution in [-0.4, -0.2) is 4.98 Å². The number of nitrogens with zero attached hydrogens (tertiary/aromatic N) is 1. The van der Waals surface area contributed by atoms with Gasteiger partial charge in [-0.15, -0.1) is 0 Å². The third-order valence-corrected chi connectivity index (χ3v) is 2.89. The summed E-state index contributed by atoms with van der Waals surface area (Å²) in [5.41, 5.74) is 0.946. The predicted octanol–water partition coefficient (Wildman–Crippen LogP) is 4.04. The van der Waals surface area contributed by atoms with Crippen LogP contribution in [0.3, 0.4) is 0 Å². The first kappa shape index (κ1) is 8.69. The molecule has 1 aromatic heterocycles. The van der Waals surface area contributed by atoms with Crippen LogP contribution >= 0.6 is 11.6 Å². The fourth-order valence-electron chi connectivity index (χ4n) is 1.88. The highest BCUT2D eigenvalue weighted by molar-refractivity contribution is 6.37. The number of fused-ring (bicyclic) bond motifs is 3. The molecular formula is C13H8ClN. The van der Waals surface area contributed by atoms with Crippen LogP contribution in [0.5, 0.6) is 0 Å². The molecule has 0 unspecified atom stereocenters. The van der Waals surface area contributed by atoms with Gasteiger partial charge in [-0.3, -0.25) is 4.98 Å². The minimum Gasteiger partial charge on any atom is -0.256 e. The molecule has 0 saturated heterocycles. The Kier molecular flexibility index (Phi) is 1.86. The summed E-state index contributed by atoms with van der Waals surface area (Å²) in [7, 11) is 0. The molecule has 0 saturated carbocycles. The molecular weight excluding hydrogens is 206 g/mol. The van der Waals surface area contributed by atoms with Gasteiger partial charge in [0.2, 0.25) is 0 Å². The summed E-state index contributed by atoms with van der Waals surface area (Å²) >= 11 is 6.20. The van der Waals surface area contributed by atoms with E-state index in [1.54, 1.807) is 6.20 Å². The number of halogens is 1. The van der Waals surface area contributed by atoms with Gasteiger partial charge in [0.25, 0.3) is 0 Å². The molecule has 2 heteroatoms. The molecule has 1 nitrogen and oxygen atoms in total. The van der Waals surface area contributed by atoms with E-state index in [-0.39, 0.29) is 0 Å². The SMILES string of the molecule is Clc1cc2ncccc2c2ccccc12. The lowest BCUT2D eigenvalue weighted by Crippen LogP contribution is -1.81. The Morgan fingerprint density at radius 3 is 2.47 bits per heavy atom. The van der Waals surface area contributed by atoms with Crippen molar-refractivity contribution in [3.63, 3.8) is 0 Å². The van der Waals surface area contributed by atoms with Gasteiger partial charge in [-0.1, -0.05) is 41.9 Å². The number of benzene rings is 2. The molecule has 0 N–H and O–H groups in total. The molecule has 0 radical (unpaired) electrons. The second kappa shape index (κ2) is 3.21. The van der Waals surface area contributed by atoms with Crippen LogP contribution in [0.2, 0.25) is 5.02 Å². The average molecular weight is 214 g/mol. The second-order valence-electron chi connectivity index (χ2n) is 3.47. The van der Waals surface area contributed by atoms with Gasteiger partial charge in [-0.2, -0.15) is 0 Å². The summed E-state index contributed by atoms with van der Waals surface area (Å²) in [5, 5.41) is 4.15. The Hall–Kier alpha value is -1.60. The van der Waals surface area contributed by atoms with E-state index in [1.165, 1.54) is 0 Å². The summed E-state index contributed by atoms with van der Waals surface area (Å²) in [5.74, 6) is 0. The topological polar surface area (TPSA) is 12.9 Å². The molecule has 0 aliphatic rings. The fraction of sp³-hybridized carbons (Fsp3) is 0. The molecule has 72 valence electrons. The van der Waals surface area contributed by atoms with Crippen LogP contribution in [0.4, 0.5) is 0 Å². The monoisotopic (exact) mass is 213 g/mol. The van der Waals surface area contributed by atoms with Gasteiger partial charge in [0.05, 0.1) is 10.5 Å². The summed E-state index contributed by atoms with van der Waals surface area (Å²) in [6, 6.07) is 14.1. The van der Waals surface area contributed by atoms with Gasteiger partial charge in [-0.25, -0.2) is 0 Å². The zero-order chi connectivity index (χ0) is 10.3. The van der Waals surface area contributed by atoms with E-state index >= 15 is 0 Å². The van der Waals surface area contributed by atoms with Gasteiger partial charge in [0, 0.05) is 17.0 Å². The number of hydrogen-bond acceptors (Lipinski definition) is 1. The van der Waals surface area contributed by atoms with E-state index in [0.717, 1.165) is 26.7 Å². The van der Waals surface area contributed by atoms with E-state index in [1.807, 2.05) is 30.3 Å². The van der Waals surface area contributed by atoms with Crippen molar-refractivity contribution in [2.75, 3.05) is 0 Å². The van der Waals surface area contributed by atoms with E-state index < -0.39 is 0 Å². The molecule has 15 heavy (non-hydrogen) atoms. The normalized spacial score (nSPS) is 11.0. The molecule has 0 aliphatic heterocycles. The van der Waals surface area contributed by atoms with E-state index in [4.69, 9.17) is 11.6 Å². The molecule has 0 bridgehead atoms. The Balaban J connectivity index is 2.64. The Labute approximate surface area is 92.3 Å². The standard InChI is InChI=1S/C13H8ClN/c14-12-8-13-11(6-3-7-15-13)9-4-1-2-5-10(9)12/h1-8H. The zero-order valence-electron chi connectivity index (χ0n) is 7.94. The first-order chi connectivity index (χ1) is 7.36. The molecule has 3 rings (SSSR count). The first-order valence-electron chi connectivity index (χ1n) is 4.78. The van der Waals surface area contributed by atoms with Crippen LogP contribution in [0.1, 0.15) is 0 Å². The van der Waals surface area contributed by atoms with Crippen molar-refractivity contribution in [1.82, 2.24) is 4.98 Å². The Morgan fingerprint density at radius 2 is 1.60 bits per heavy atom. The largest absolute Gasteiger partial charge is 0.256 e. The Bertz CT molecular complexity index is 646. The van der Waals surface area contributed by atoms with Crippen molar-refractivity contribution < 1.29 is 0 Å². The lowest BCUT2D eigenvalue weighted by Gasteiger charge is -2.04. The molecule has 2 aromatic carbocycles. The average Bonchev–Trinajstić information content (AvgIpc) is 2.30. The summed E-state index contributed by atoms with van der Waals surface area (Å²) < 4.78 is 0. The minimum absolute atomic E-state index is 0.761. The van der Waals surface area contributed by atoms with Crippen LogP contribution in [-0.2, 0) is 0 Å². The number of hydrogen-bond donors (Lipinski definition) is 0. The third kappa shape index (κ3) is 1.28. The van der Waals surface area contributed by atoms with Crippen LogP contribution < -0.4 is 0 Å². The van der Waals surface area contributed by atoms with Crippen molar-refractivity contribution in [2.45, 2.75) is 0 Å². The highest BCUT2D eigenvalue weighted by Crippen LogP contribution is 2.30. The molecule has 3 aromatic rings. The maximum absolute atomic E-state index is 6.20. The second-order valence-corrected chi connectivity index (χ2v) is 3.88. The summed E-state index contributed by atoms with van der Waals surface area (Å²) in [6.07, 6.45) is 1.79. The van der Waals surface area contributed by atoms with Crippen molar-refractivity contribution in [3.8, 4) is 0 Å². The summed E-state index contributed by atoms with van der Waals surface area (Å²) in [6.45, 7) is 0. The van der Waals surface area contributed by atoms with Crippen LogP contribution in [0, 0.1) is 0 Å². The van der Waals surface area contributed by atoms with Gasteiger partial charge in [0.15, 0.2) is 0 Å². The molecule has 0 fully saturated rings. The third-order valence-electron chi connectivity index (χ3n) is 2.58. The molecule has 0 amide bonds. The highest BCUT2D eigenvalue weighted by Gasteiger charge is 2.03. The lowest BCUT2D eigenvalue weighted by molar-refractivity contribution is 1.42. The number of pyridine rings is 1. The lowest BCUT2D eigenvalue weighted by atomic mass is 10.1. The Morgan fingerprint density at radius 1 is 0.867 bits per heavy atom. The summed E-state index contributed by atoms with van der Waals surface area (Å²) in [4.78, 5) is 4.31. The molecule has 0 spiro atoms. The number of rotatable bonds is 0. The number of aromatic nitrogens is 1. The van der Waals surface area contributed by atoms with E-state index in [2.05, 4.69) is 17.1 Å². The van der Waals surface area contributed by atoms with Gasteiger partial charge in [0.1, 0.15) is 0 Å². The van der Waals surface area contributed by atoms with Crippen LogP contribution in [0.15, 0.2) is 48.7 Å². The maximum atomic E-state index is 6.20. The predicted molar refractivity (Wildman–Crippen MR) is 64.3 cm³/mol. The van der Waals surface area contributed by atoms with Gasteiger partial charge < -0.3 is 0 Å². The van der Waals surface area contributed by atoms with Crippen molar-refractivity contribution in [2.24, 2.45) is 0 Å². The fourth-order valence-corrected chi connectivity index (χ4v) is 2.15. The first-order valence-corrected chi connectivity index (χ1v) is 5.16. The maximum Gasteiger partial charge on any atom is 0.0723 e.